The van der Waals surface area contributed by atoms with Crippen LogP contribution < -0.4 is 0 Å². The lowest BCUT2D eigenvalue weighted by atomic mass is 10.5. The predicted molar refractivity (Wildman–Crippen MR) is 41.4 cm³/mol. The molecule has 10 heavy (non-hydrogen) atoms. The van der Waals surface area contributed by atoms with Crippen molar-refractivity contribution in [2.75, 3.05) is 0 Å². The van der Waals surface area contributed by atoms with Crippen molar-refractivity contribution in [3.8, 4) is 0 Å². The van der Waals surface area contributed by atoms with Gasteiger partial charge in [-0.25, -0.2) is 0 Å². The Morgan fingerprint density at radius 3 is 2.50 bits per heavy atom. The third-order valence-corrected chi connectivity index (χ3v) is 0.792. The normalized spacial score (nSPS) is 7.20. The summed E-state index contributed by atoms with van der Waals surface area (Å²) in [6.07, 6.45) is 3.10. The second kappa shape index (κ2) is 6.11. The highest BCUT2D eigenvalue weighted by Gasteiger charge is 1.59. The summed E-state index contributed by atoms with van der Waals surface area (Å²) in [5, 5.41) is 3.55. The Morgan fingerprint density at radius 2 is 1.60 bits per heavy atom. The third kappa shape index (κ3) is 3.92. The molecule has 1 heterocycles. The van der Waals surface area contributed by atoms with Crippen LogP contribution in [-0.4, -0.2) is 5.16 Å². The quantitative estimate of drug-likeness (QED) is 0.577. The number of hydrogen-bond acceptors (Lipinski definition) is 2. The van der Waals surface area contributed by atoms with Gasteiger partial charge in [-0.3, -0.25) is 0 Å². The van der Waals surface area contributed by atoms with Crippen LogP contribution in [0.1, 0.15) is 0 Å². The molecule has 0 spiro atoms. The predicted octanol–water partition coefficient (Wildman–Crippen LogP) is 2.22. The highest BCUT2D eigenvalue weighted by molar-refractivity contribution is 5.85. The molecule has 3 heteroatoms. The van der Waals surface area contributed by atoms with E-state index in [4.69, 9.17) is 0 Å². The number of hydrogen-bond donors (Lipinski definition) is 0. The number of nitrogens with zero attached hydrogens (tertiary/aromatic N) is 1. The summed E-state index contributed by atoms with van der Waals surface area (Å²) in [5.41, 5.74) is 0. The second-order valence-electron chi connectivity index (χ2n) is 1.46. The summed E-state index contributed by atoms with van der Waals surface area (Å²) in [7, 11) is 0. The standard InChI is InChI=1S/C7H7NO.ClH/c1-2-4-6-8-9-7-5-3-1;/h1-7H;1H. The maximum atomic E-state index is 4.64. The van der Waals surface area contributed by atoms with E-state index >= 15 is 0 Å². The molecule has 1 aromatic heterocycles. The van der Waals surface area contributed by atoms with E-state index in [2.05, 4.69) is 9.68 Å². The van der Waals surface area contributed by atoms with E-state index in [0.717, 1.165) is 0 Å². The topological polar surface area (TPSA) is 26.0 Å². The smallest absolute Gasteiger partial charge is 0.122 e. The minimum absolute atomic E-state index is 0. The summed E-state index contributed by atoms with van der Waals surface area (Å²) in [6, 6.07) is 9.21. The second-order valence-corrected chi connectivity index (χ2v) is 1.46. The van der Waals surface area contributed by atoms with Gasteiger partial charge in [0.15, 0.2) is 0 Å². The van der Waals surface area contributed by atoms with Gasteiger partial charge < -0.3 is 4.52 Å². The van der Waals surface area contributed by atoms with Gasteiger partial charge in [-0.15, -0.1) is 12.4 Å². The molecule has 0 radical (unpaired) electrons. The number of rotatable bonds is 0. The van der Waals surface area contributed by atoms with Crippen LogP contribution in [0.4, 0.5) is 0 Å². The van der Waals surface area contributed by atoms with Gasteiger partial charge >= 0.3 is 0 Å². The average Bonchev–Trinajstić information content (AvgIpc) is 2.00. The molecule has 0 fully saturated rings. The molecule has 0 aromatic carbocycles. The molecule has 0 aliphatic rings. The molecule has 0 amide bonds. The van der Waals surface area contributed by atoms with Gasteiger partial charge in [-0.2, -0.15) is 0 Å². The van der Waals surface area contributed by atoms with Gasteiger partial charge in [0.1, 0.15) is 6.26 Å². The molecule has 54 valence electrons. The minimum Gasteiger partial charge on any atom is -0.365 e. The summed E-state index contributed by atoms with van der Waals surface area (Å²) >= 11 is 0. The van der Waals surface area contributed by atoms with Gasteiger partial charge in [-0.05, 0) is 12.1 Å². The van der Waals surface area contributed by atoms with Crippen LogP contribution in [0.15, 0.2) is 47.3 Å². The lowest BCUT2D eigenvalue weighted by Crippen LogP contribution is -1.52. The molecule has 0 saturated heterocycles. The number of halogens is 1. The van der Waals surface area contributed by atoms with Crippen LogP contribution in [0.2, 0.25) is 0 Å². The van der Waals surface area contributed by atoms with E-state index in [9.17, 15) is 0 Å². The van der Waals surface area contributed by atoms with Gasteiger partial charge in [-0.1, -0.05) is 23.4 Å². The fraction of sp³-hybridized carbons (Fsp3) is 0. The first kappa shape index (κ1) is 8.98. The molecule has 0 aliphatic heterocycles. The SMILES string of the molecule is Cl.c1cccnoccc1. The highest BCUT2D eigenvalue weighted by Crippen LogP contribution is 1.76. The van der Waals surface area contributed by atoms with Gasteiger partial charge in [0.05, 0.1) is 6.20 Å². The molecule has 0 atom stereocenters. The van der Waals surface area contributed by atoms with Crippen LogP contribution in [0.3, 0.4) is 0 Å². The van der Waals surface area contributed by atoms with E-state index in [0.29, 0.717) is 0 Å². The van der Waals surface area contributed by atoms with E-state index in [1.165, 1.54) is 6.26 Å². The zero-order chi connectivity index (χ0) is 6.36. The Bertz CT molecular complexity index is 135. The van der Waals surface area contributed by atoms with Crippen molar-refractivity contribution in [3.63, 3.8) is 0 Å². The fourth-order valence-electron chi connectivity index (χ4n) is 0.428. The van der Waals surface area contributed by atoms with E-state index in [-0.39, 0.29) is 12.4 Å². The van der Waals surface area contributed by atoms with E-state index in [1.54, 1.807) is 18.3 Å². The Hall–Kier alpha value is -1.02. The molecular weight excluding hydrogens is 150 g/mol. The lowest BCUT2D eigenvalue weighted by Gasteiger charge is -1.63. The van der Waals surface area contributed by atoms with Crippen molar-refractivity contribution >= 4 is 12.4 Å². The first-order valence-corrected chi connectivity index (χ1v) is 2.68. The molecule has 1 rings (SSSR count). The van der Waals surface area contributed by atoms with Crippen molar-refractivity contribution < 1.29 is 4.52 Å². The largest absolute Gasteiger partial charge is 0.365 e. The van der Waals surface area contributed by atoms with Crippen molar-refractivity contribution in [3.05, 3.63) is 42.8 Å². The van der Waals surface area contributed by atoms with Crippen molar-refractivity contribution in [2.45, 2.75) is 0 Å². The summed E-state index contributed by atoms with van der Waals surface area (Å²) in [4.78, 5) is 0. The van der Waals surface area contributed by atoms with E-state index < -0.39 is 0 Å². The molecule has 0 unspecified atom stereocenters. The zero-order valence-corrected chi connectivity index (χ0v) is 6.12. The van der Waals surface area contributed by atoms with Crippen LogP contribution >= 0.6 is 12.4 Å². The van der Waals surface area contributed by atoms with Gasteiger partial charge in [0, 0.05) is 0 Å². The van der Waals surface area contributed by atoms with Crippen LogP contribution in [0.5, 0.6) is 0 Å². The highest BCUT2D eigenvalue weighted by atomic mass is 35.5. The number of aromatic nitrogens is 1. The van der Waals surface area contributed by atoms with Crippen molar-refractivity contribution in [1.29, 1.82) is 0 Å². The first-order chi connectivity index (χ1) is 4.50. The summed E-state index contributed by atoms with van der Waals surface area (Å²) in [6.45, 7) is 0. The Balaban J connectivity index is 0.000000810. The van der Waals surface area contributed by atoms with Crippen molar-refractivity contribution in [2.24, 2.45) is 0 Å². The summed E-state index contributed by atoms with van der Waals surface area (Å²) in [5.74, 6) is 0. The first-order valence-electron chi connectivity index (χ1n) is 2.68. The Kier molecular flexibility index (Phi) is 5.48. The molecule has 0 saturated carbocycles. The maximum Gasteiger partial charge on any atom is 0.122 e. The van der Waals surface area contributed by atoms with Crippen molar-refractivity contribution in [1.82, 2.24) is 5.16 Å². The Labute approximate surface area is 65.6 Å². The average molecular weight is 158 g/mol. The molecular formula is C7H8ClNO. The van der Waals surface area contributed by atoms with Gasteiger partial charge in [0.2, 0.25) is 0 Å². The molecule has 0 aliphatic carbocycles. The Morgan fingerprint density at radius 1 is 0.900 bits per heavy atom. The van der Waals surface area contributed by atoms with Crippen LogP contribution in [-0.2, 0) is 0 Å². The monoisotopic (exact) mass is 157 g/mol. The van der Waals surface area contributed by atoms with Gasteiger partial charge in [0.25, 0.3) is 0 Å². The minimum atomic E-state index is 0. The maximum absolute atomic E-state index is 4.64. The van der Waals surface area contributed by atoms with Crippen LogP contribution in [0, 0.1) is 0 Å². The zero-order valence-electron chi connectivity index (χ0n) is 5.31. The fourth-order valence-corrected chi connectivity index (χ4v) is 0.428. The third-order valence-electron chi connectivity index (χ3n) is 0.792. The van der Waals surface area contributed by atoms with Crippen LogP contribution in [0.25, 0.3) is 0 Å². The molecule has 0 bridgehead atoms. The molecule has 0 N–H and O–H groups in total. The molecule has 2 nitrogen and oxygen atoms in total. The summed E-state index contributed by atoms with van der Waals surface area (Å²) < 4.78 is 4.64. The molecule has 1 aromatic rings. The van der Waals surface area contributed by atoms with E-state index in [1.807, 2.05) is 18.2 Å². The lowest BCUT2D eigenvalue weighted by molar-refractivity contribution is 0.404.